The van der Waals surface area contributed by atoms with E-state index in [-0.39, 0.29) is 11.9 Å². The van der Waals surface area contributed by atoms with Crippen LogP contribution >= 0.6 is 0 Å². The van der Waals surface area contributed by atoms with E-state index in [1.54, 1.807) is 6.92 Å². The lowest BCUT2D eigenvalue weighted by Gasteiger charge is -2.27. The molecule has 0 spiro atoms. The number of hydrogen-bond acceptors (Lipinski definition) is 3. The number of amides is 1. The first-order chi connectivity index (χ1) is 11.6. The molecule has 0 aromatic carbocycles. The van der Waals surface area contributed by atoms with E-state index in [4.69, 9.17) is 4.74 Å². The fraction of sp³-hybridized carbons (Fsp3) is 0.700. The summed E-state index contributed by atoms with van der Waals surface area (Å²) in [6.45, 7) is 18.3. The van der Waals surface area contributed by atoms with Crippen LogP contribution in [0.4, 0.5) is 0 Å². The maximum absolute atomic E-state index is 13.3. The summed E-state index contributed by atoms with van der Waals surface area (Å²) in [5, 5.41) is 0. The Kier molecular flexibility index (Phi) is 7.71. The molecular weight excluding hydrogens is 316 g/mol. The summed E-state index contributed by atoms with van der Waals surface area (Å²) in [5.74, 6) is 0.431. The van der Waals surface area contributed by atoms with E-state index < -0.39 is 0 Å². The van der Waals surface area contributed by atoms with E-state index in [2.05, 4.69) is 27.7 Å². The second-order valence-corrected chi connectivity index (χ2v) is 7.40. The van der Waals surface area contributed by atoms with E-state index in [9.17, 15) is 9.59 Å². The largest absolute Gasteiger partial charge is 0.461 e. The van der Waals surface area contributed by atoms with E-state index in [1.165, 1.54) is 0 Å². The smallest absolute Gasteiger partial charge is 0.355 e. The normalized spacial score (nSPS) is 11.3. The van der Waals surface area contributed by atoms with E-state index in [0.717, 1.165) is 11.3 Å². The summed E-state index contributed by atoms with van der Waals surface area (Å²) in [4.78, 5) is 27.6. The van der Waals surface area contributed by atoms with E-state index in [1.807, 2.05) is 30.2 Å². The molecule has 1 heterocycles. The number of rotatable bonds is 8. The zero-order valence-electron chi connectivity index (χ0n) is 17.1. The maximum Gasteiger partial charge on any atom is 0.355 e. The van der Waals surface area contributed by atoms with Gasteiger partial charge >= 0.3 is 5.97 Å². The fourth-order valence-electron chi connectivity index (χ4n) is 3.35. The Balaban J connectivity index is 3.39. The summed E-state index contributed by atoms with van der Waals surface area (Å²) in [6.07, 6.45) is 0. The van der Waals surface area contributed by atoms with Crippen LogP contribution in [0, 0.1) is 25.7 Å². The monoisotopic (exact) mass is 350 g/mol. The first kappa shape index (κ1) is 21.3. The molecular formula is C20H34N2O3. The highest BCUT2D eigenvalue weighted by atomic mass is 16.5. The van der Waals surface area contributed by atoms with Gasteiger partial charge in [-0.15, -0.1) is 0 Å². The van der Waals surface area contributed by atoms with Gasteiger partial charge in [0.15, 0.2) is 0 Å². The first-order valence-electron chi connectivity index (χ1n) is 9.31. The highest BCUT2D eigenvalue weighted by Gasteiger charge is 2.29. The van der Waals surface area contributed by atoms with Crippen LogP contribution in [0.2, 0.25) is 0 Å². The van der Waals surface area contributed by atoms with Crippen LogP contribution in [-0.4, -0.2) is 41.0 Å². The van der Waals surface area contributed by atoms with Crippen molar-refractivity contribution in [2.24, 2.45) is 11.8 Å². The zero-order valence-corrected chi connectivity index (χ0v) is 17.1. The van der Waals surface area contributed by atoms with Crippen molar-refractivity contribution in [3.63, 3.8) is 0 Å². The Morgan fingerprint density at radius 3 is 1.96 bits per heavy atom. The summed E-state index contributed by atoms with van der Waals surface area (Å²) < 4.78 is 7.10. The lowest BCUT2D eigenvalue weighted by atomic mass is 10.1. The molecule has 0 saturated heterocycles. The third kappa shape index (κ3) is 4.86. The summed E-state index contributed by atoms with van der Waals surface area (Å²) in [5.41, 5.74) is 2.70. The Bertz CT molecular complexity index is 605. The molecule has 0 atom stereocenters. The molecule has 0 bridgehead atoms. The SMILES string of the molecule is CCOC(=O)c1c(C)c(C(=O)N(CC(C)C)CC(C)C)c(C)n1CC. The molecule has 142 valence electrons. The summed E-state index contributed by atoms with van der Waals surface area (Å²) in [7, 11) is 0. The lowest BCUT2D eigenvalue weighted by molar-refractivity contribution is 0.0512. The molecule has 1 amide bonds. The van der Waals surface area contributed by atoms with Gasteiger partial charge in [0, 0.05) is 25.3 Å². The van der Waals surface area contributed by atoms with Crippen molar-refractivity contribution < 1.29 is 14.3 Å². The van der Waals surface area contributed by atoms with Gasteiger partial charge in [0.1, 0.15) is 5.69 Å². The lowest BCUT2D eigenvalue weighted by Crippen LogP contribution is -2.37. The Labute approximate surface area is 152 Å². The van der Waals surface area contributed by atoms with Crippen molar-refractivity contribution in [3.8, 4) is 0 Å². The number of carbonyl (C=O) groups excluding carboxylic acids is 2. The quantitative estimate of drug-likeness (QED) is 0.665. The molecule has 0 fully saturated rings. The number of aromatic nitrogens is 1. The average Bonchev–Trinajstić information content (AvgIpc) is 2.75. The average molecular weight is 351 g/mol. The van der Waals surface area contributed by atoms with Gasteiger partial charge in [-0.2, -0.15) is 0 Å². The molecule has 1 aromatic rings. The molecule has 0 radical (unpaired) electrons. The third-order valence-electron chi connectivity index (χ3n) is 4.22. The number of nitrogens with zero attached hydrogens (tertiary/aromatic N) is 2. The van der Waals surface area contributed by atoms with E-state index in [0.29, 0.717) is 49.3 Å². The Hall–Kier alpha value is -1.78. The minimum absolute atomic E-state index is 0.00940. The second kappa shape index (κ2) is 9.07. The van der Waals surface area contributed by atoms with Gasteiger partial charge in [-0.3, -0.25) is 4.79 Å². The van der Waals surface area contributed by atoms with E-state index >= 15 is 0 Å². The first-order valence-corrected chi connectivity index (χ1v) is 9.31. The van der Waals surface area contributed by atoms with Gasteiger partial charge in [0.2, 0.25) is 0 Å². The van der Waals surface area contributed by atoms with Gasteiger partial charge in [-0.1, -0.05) is 27.7 Å². The van der Waals surface area contributed by atoms with Gasteiger partial charge < -0.3 is 14.2 Å². The molecule has 5 nitrogen and oxygen atoms in total. The molecule has 0 aliphatic carbocycles. The maximum atomic E-state index is 13.3. The fourth-order valence-corrected chi connectivity index (χ4v) is 3.35. The topological polar surface area (TPSA) is 51.5 Å². The Morgan fingerprint density at radius 2 is 1.56 bits per heavy atom. The van der Waals surface area contributed by atoms with Gasteiger partial charge in [0.25, 0.3) is 5.91 Å². The Morgan fingerprint density at radius 1 is 1.04 bits per heavy atom. The number of ether oxygens (including phenoxy) is 1. The molecule has 0 unspecified atom stereocenters. The van der Waals surface area contributed by atoms with Crippen molar-refractivity contribution in [1.82, 2.24) is 9.47 Å². The molecule has 0 saturated carbocycles. The van der Waals surface area contributed by atoms with Gasteiger partial charge in [0.05, 0.1) is 12.2 Å². The van der Waals surface area contributed by atoms with Gasteiger partial charge in [-0.05, 0) is 45.1 Å². The van der Waals surface area contributed by atoms with Crippen LogP contribution in [0.1, 0.15) is 73.6 Å². The molecule has 0 aliphatic heterocycles. The minimum Gasteiger partial charge on any atom is -0.461 e. The third-order valence-corrected chi connectivity index (χ3v) is 4.22. The van der Waals surface area contributed by atoms with Crippen LogP contribution in [-0.2, 0) is 11.3 Å². The summed E-state index contributed by atoms with van der Waals surface area (Å²) >= 11 is 0. The molecule has 25 heavy (non-hydrogen) atoms. The van der Waals surface area contributed by atoms with Crippen LogP contribution < -0.4 is 0 Å². The van der Waals surface area contributed by atoms with Crippen molar-refractivity contribution in [1.29, 1.82) is 0 Å². The molecule has 0 N–H and O–H groups in total. The number of esters is 1. The molecule has 1 rings (SSSR count). The highest BCUT2D eigenvalue weighted by molar-refractivity contribution is 6.01. The summed E-state index contributed by atoms with van der Waals surface area (Å²) in [6, 6.07) is 0. The van der Waals surface area contributed by atoms with Crippen molar-refractivity contribution in [2.75, 3.05) is 19.7 Å². The molecule has 0 aliphatic rings. The van der Waals surface area contributed by atoms with Crippen molar-refractivity contribution in [2.45, 2.75) is 61.9 Å². The van der Waals surface area contributed by atoms with Crippen LogP contribution in [0.5, 0.6) is 0 Å². The predicted molar refractivity (Wildman–Crippen MR) is 101 cm³/mol. The second-order valence-electron chi connectivity index (χ2n) is 7.40. The molecule has 5 heteroatoms. The van der Waals surface area contributed by atoms with Crippen molar-refractivity contribution in [3.05, 3.63) is 22.5 Å². The van der Waals surface area contributed by atoms with Gasteiger partial charge in [-0.25, -0.2) is 4.79 Å². The standard InChI is InChI=1S/C20H34N2O3/c1-9-22-16(8)17(15(7)18(22)20(24)25-10-2)19(23)21(11-13(3)4)12-14(5)6/h13-14H,9-12H2,1-8H3. The zero-order chi connectivity index (χ0) is 19.3. The predicted octanol–water partition coefficient (Wildman–Crippen LogP) is 4.06. The van der Waals surface area contributed by atoms with Crippen LogP contribution in [0.15, 0.2) is 0 Å². The number of hydrogen-bond donors (Lipinski definition) is 0. The van der Waals surface area contributed by atoms with Crippen LogP contribution in [0.25, 0.3) is 0 Å². The van der Waals surface area contributed by atoms with Crippen LogP contribution in [0.3, 0.4) is 0 Å². The number of carbonyl (C=O) groups is 2. The highest BCUT2D eigenvalue weighted by Crippen LogP contribution is 2.25. The van der Waals surface area contributed by atoms with Crippen molar-refractivity contribution >= 4 is 11.9 Å². The minimum atomic E-state index is -0.358. The molecule has 1 aromatic heterocycles.